The number of carbonyl (C=O) groups is 1. The summed E-state index contributed by atoms with van der Waals surface area (Å²) >= 11 is 0. The number of hydrogen-bond acceptors (Lipinski definition) is 5. The van der Waals surface area contributed by atoms with Crippen molar-refractivity contribution < 1.29 is 9.53 Å². The van der Waals surface area contributed by atoms with Gasteiger partial charge in [-0.15, -0.1) is 0 Å². The van der Waals surface area contributed by atoms with Gasteiger partial charge < -0.3 is 14.5 Å². The predicted molar refractivity (Wildman–Crippen MR) is 138 cm³/mol. The van der Waals surface area contributed by atoms with Crippen molar-refractivity contribution in [3.8, 4) is 5.75 Å². The SMILES string of the molecule is Cc1ccc(CN2CC[C@@H](N3CCCN(c4ccc(OCc5ccccc5)cn4)CC3)C2=O)cc1. The van der Waals surface area contributed by atoms with Gasteiger partial charge in [-0.1, -0.05) is 60.2 Å². The van der Waals surface area contributed by atoms with Crippen LogP contribution in [0.5, 0.6) is 5.75 Å². The molecule has 0 spiro atoms. The van der Waals surface area contributed by atoms with Crippen LogP contribution in [0.4, 0.5) is 5.82 Å². The number of anilines is 1. The molecule has 2 fully saturated rings. The fraction of sp³-hybridized carbons (Fsp3) is 0.379. The van der Waals surface area contributed by atoms with E-state index in [1.807, 2.05) is 41.4 Å². The quantitative estimate of drug-likeness (QED) is 0.516. The monoisotopic (exact) mass is 470 g/mol. The number of rotatable bonds is 7. The van der Waals surface area contributed by atoms with Crippen LogP contribution < -0.4 is 9.64 Å². The van der Waals surface area contributed by atoms with E-state index >= 15 is 0 Å². The minimum Gasteiger partial charge on any atom is -0.487 e. The maximum Gasteiger partial charge on any atom is 0.240 e. The van der Waals surface area contributed by atoms with Crippen molar-refractivity contribution in [1.82, 2.24) is 14.8 Å². The topological polar surface area (TPSA) is 48.9 Å². The van der Waals surface area contributed by atoms with Crippen LogP contribution in [0.25, 0.3) is 0 Å². The van der Waals surface area contributed by atoms with Crippen LogP contribution >= 0.6 is 0 Å². The Kier molecular flexibility index (Phi) is 7.28. The second-order valence-corrected chi connectivity index (χ2v) is 9.55. The van der Waals surface area contributed by atoms with Gasteiger partial charge in [0, 0.05) is 39.3 Å². The fourth-order valence-electron chi connectivity index (χ4n) is 5.00. The molecule has 2 aliphatic rings. The molecule has 0 radical (unpaired) electrons. The molecule has 6 heteroatoms. The first-order valence-electron chi connectivity index (χ1n) is 12.6. The fourth-order valence-corrected chi connectivity index (χ4v) is 5.00. The number of carbonyl (C=O) groups excluding carboxylic acids is 1. The summed E-state index contributed by atoms with van der Waals surface area (Å²) in [6.07, 6.45) is 3.75. The number of likely N-dealkylation sites (tertiary alicyclic amines) is 1. The third-order valence-corrected chi connectivity index (χ3v) is 7.03. The molecule has 0 bridgehead atoms. The Morgan fingerprint density at radius 3 is 2.49 bits per heavy atom. The lowest BCUT2D eigenvalue weighted by molar-refractivity contribution is -0.132. The van der Waals surface area contributed by atoms with Crippen LogP contribution in [0.2, 0.25) is 0 Å². The van der Waals surface area contributed by atoms with Crippen molar-refractivity contribution in [2.75, 3.05) is 37.6 Å². The van der Waals surface area contributed by atoms with E-state index in [2.05, 4.69) is 58.1 Å². The zero-order chi connectivity index (χ0) is 24.0. The Morgan fingerprint density at radius 1 is 0.886 bits per heavy atom. The number of amides is 1. The van der Waals surface area contributed by atoms with E-state index in [-0.39, 0.29) is 11.9 Å². The van der Waals surface area contributed by atoms with Crippen molar-refractivity contribution >= 4 is 11.7 Å². The highest BCUT2D eigenvalue weighted by atomic mass is 16.5. The van der Waals surface area contributed by atoms with E-state index in [1.54, 1.807) is 0 Å². The zero-order valence-electron chi connectivity index (χ0n) is 20.5. The van der Waals surface area contributed by atoms with Crippen LogP contribution in [-0.2, 0) is 17.9 Å². The highest BCUT2D eigenvalue weighted by Crippen LogP contribution is 2.23. The van der Waals surface area contributed by atoms with E-state index in [4.69, 9.17) is 4.74 Å². The van der Waals surface area contributed by atoms with Gasteiger partial charge in [-0.05, 0) is 43.0 Å². The second-order valence-electron chi connectivity index (χ2n) is 9.55. The van der Waals surface area contributed by atoms with Gasteiger partial charge >= 0.3 is 0 Å². The van der Waals surface area contributed by atoms with Gasteiger partial charge in [0.1, 0.15) is 18.2 Å². The Balaban J connectivity index is 1.13. The number of aryl methyl sites for hydroxylation is 1. The first-order chi connectivity index (χ1) is 17.2. The highest BCUT2D eigenvalue weighted by molar-refractivity contribution is 5.84. The van der Waals surface area contributed by atoms with Gasteiger partial charge in [0.05, 0.1) is 12.2 Å². The summed E-state index contributed by atoms with van der Waals surface area (Å²) in [6.45, 7) is 7.82. The molecule has 182 valence electrons. The third-order valence-electron chi connectivity index (χ3n) is 7.03. The van der Waals surface area contributed by atoms with Crippen molar-refractivity contribution in [2.24, 2.45) is 0 Å². The summed E-state index contributed by atoms with van der Waals surface area (Å²) in [4.78, 5) is 24.6. The maximum absolute atomic E-state index is 13.2. The Bertz CT molecular complexity index is 1100. The van der Waals surface area contributed by atoms with Gasteiger partial charge in [0.25, 0.3) is 0 Å². The summed E-state index contributed by atoms with van der Waals surface area (Å²) in [5.41, 5.74) is 3.59. The molecule has 1 aromatic heterocycles. The molecule has 0 saturated carbocycles. The molecule has 1 atom stereocenters. The van der Waals surface area contributed by atoms with E-state index in [9.17, 15) is 4.79 Å². The van der Waals surface area contributed by atoms with Crippen LogP contribution in [0, 0.1) is 6.92 Å². The summed E-state index contributed by atoms with van der Waals surface area (Å²) < 4.78 is 5.88. The number of hydrogen-bond donors (Lipinski definition) is 0. The van der Waals surface area contributed by atoms with Gasteiger partial charge in [-0.3, -0.25) is 9.69 Å². The molecule has 5 rings (SSSR count). The first kappa shape index (κ1) is 23.4. The van der Waals surface area contributed by atoms with E-state index < -0.39 is 0 Å². The second kappa shape index (κ2) is 10.9. The molecular formula is C29H34N4O2. The average molecular weight is 471 g/mol. The molecule has 0 unspecified atom stereocenters. The van der Waals surface area contributed by atoms with E-state index in [0.717, 1.165) is 62.7 Å². The molecule has 2 aliphatic heterocycles. The molecule has 3 heterocycles. The molecule has 0 N–H and O–H groups in total. The minimum absolute atomic E-state index is 0.00196. The summed E-state index contributed by atoms with van der Waals surface area (Å²) in [6, 6.07) is 22.7. The van der Waals surface area contributed by atoms with E-state index in [1.165, 1.54) is 11.1 Å². The lowest BCUT2D eigenvalue weighted by atomic mass is 10.1. The van der Waals surface area contributed by atoms with Crippen molar-refractivity contribution in [3.63, 3.8) is 0 Å². The smallest absolute Gasteiger partial charge is 0.240 e. The van der Waals surface area contributed by atoms with Gasteiger partial charge in [0.15, 0.2) is 0 Å². The average Bonchev–Trinajstić information content (AvgIpc) is 3.09. The third kappa shape index (κ3) is 5.82. The largest absolute Gasteiger partial charge is 0.487 e. The summed E-state index contributed by atoms with van der Waals surface area (Å²) in [5.74, 6) is 2.02. The van der Waals surface area contributed by atoms with Crippen molar-refractivity contribution in [1.29, 1.82) is 0 Å². The lowest BCUT2D eigenvalue weighted by Gasteiger charge is -2.27. The number of aromatic nitrogens is 1. The molecule has 1 amide bonds. The molecule has 0 aliphatic carbocycles. The van der Waals surface area contributed by atoms with Crippen LogP contribution in [0.15, 0.2) is 72.9 Å². The summed E-state index contributed by atoms with van der Waals surface area (Å²) in [7, 11) is 0. The zero-order valence-corrected chi connectivity index (χ0v) is 20.5. The molecule has 6 nitrogen and oxygen atoms in total. The van der Waals surface area contributed by atoms with Gasteiger partial charge in [-0.2, -0.15) is 0 Å². The van der Waals surface area contributed by atoms with Crippen LogP contribution in [0.3, 0.4) is 0 Å². The summed E-state index contributed by atoms with van der Waals surface area (Å²) in [5, 5.41) is 0. The van der Waals surface area contributed by atoms with Crippen LogP contribution in [0.1, 0.15) is 29.5 Å². The Hall–Kier alpha value is -3.38. The number of nitrogens with zero attached hydrogens (tertiary/aromatic N) is 4. The molecule has 3 aromatic rings. The van der Waals surface area contributed by atoms with E-state index in [0.29, 0.717) is 13.2 Å². The van der Waals surface area contributed by atoms with Gasteiger partial charge in [0.2, 0.25) is 5.91 Å². The molecule has 2 aromatic carbocycles. The first-order valence-corrected chi connectivity index (χ1v) is 12.6. The maximum atomic E-state index is 13.2. The number of benzene rings is 2. The van der Waals surface area contributed by atoms with Gasteiger partial charge in [-0.25, -0.2) is 4.98 Å². The Morgan fingerprint density at radius 2 is 1.71 bits per heavy atom. The predicted octanol–water partition coefficient (Wildman–Crippen LogP) is 4.28. The number of pyridine rings is 1. The van der Waals surface area contributed by atoms with Crippen LogP contribution in [-0.4, -0.2) is 59.5 Å². The standard InChI is InChI=1S/C29H34N4O2/c1-23-8-10-24(11-9-23)21-33-17-14-27(29(33)34)31-15-5-16-32(19-18-31)28-13-12-26(20-30-28)35-22-25-6-3-2-4-7-25/h2-4,6-13,20,27H,5,14-19,21-22H2,1H3/t27-/m1/s1. The normalized spacial score (nSPS) is 19.1. The molecule has 2 saturated heterocycles. The molecule has 35 heavy (non-hydrogen) atoms. The molecular weight excluding hydrogens is 436 g/mol. The highest BCUT2D eigenvalue weighted by Gasteiger charge is 2.36. The number of ether oxygens (including phenoxy) is 1. The van der Waals surface area contributed by atoms with Crippen molar-refractivity contribution in [2.45, 2.75) is 39.0 Å². The lowest BCUT2D eigenvalue weighted by Crippen LogP contribution is -2.43. The Labute approximate surface area is 208 Å². The van der Waals surface area contributed by atoms with Crippen molar-refractivity contribution in [3.05, 3.63) is 89.6 Å². The minimum atomic E-state index is 0.00196.